The second-order valence-electron chi connectivity index (χ2n) is 5.22. The average Bonchev–Trinajstić information content (AvgIpc) is 2.53. The summed E-state index contributed by atoms with van der Waals surface area (Å²) >= 11 is 0. The highest BCUT2D eigenvalue weighted by Gasteiger charge is 2.31. The van der Waals surface area contributed by atoms with E-state index in [1.807, 2.05) is 12.3 Å². The standard InChI is InChI=1S/C14H21NO2/c1-11-4-3-9-15-13(11)12-5-2-7-14(17,10-16)8-6-12/h3-4,9,12,16-17H,2,5-8,10H2,1H3. The first-order valence-corrected chi connectivity index (χ1v) is 6.39. The Morgan fingerprint density at radius 1 is 1.41 bits per heavy atom. The third-order valence-corrected chi connectivity index (χ3v) is 3.88. The van der Waals surface area contributed by atoms with Gasteiger partial charge in [0.25, 0.3) is 0 Å². The lowest BCUT2D eigenvalue weighted by molar-refractivity contribution is -0.0263. The van der Waals surface area contributed by atoms with Gasteiger partial charge in [-0.2, -0.15) is 0 Å². The largest absolute Gasteiger partial charge is 0.393 e. The van der Waals surface area contributed by atoms with Crippen LogP contribution in [0.3, 0.4) is 0 Å². The summed E-state index contributed by atoms with van der Waals surface area (Å²) in [6.07, 6.45) is 6.13. The van der Waals surface area contributed by atoms with Gasteiger partial charge in [0, 0.05) is 17.8 Å². The van der Waals surface area contributed by atoms with Gasteiger partial charge in [-0.25, -0.2) is 0 Å². The van der Waals surface area contributed by atoms with E-state index in [0.717, 1.165) is 25.0 Å². The van der Waals surface area contributed by atoms with Gasteiger partial charge in [0.2, 0.25) is 0 Å². The van der Waals surface area contributed by atoms with Crippen molar-refractivity contribution in [3.05, 3.63) is 29.6 Å². The van der Waals surface area contributed by atoms with Crippen LogP contribution in [0.2, 0.25) is 0 Å². The summed E-state index contributed by atoms with van der Waals surface area (Å²) in [7, 11) is 0. The van der Waals surface area contributed by atoms with Crippen molar-refractivity contribution in [2.24, 2.45) is 0 Å². The van der Waals surface area contributed by atoms with Gasteiger partial charge in [0.15, 0.2) is 0 Å². The summed E-state index contributed by atoms with van der Waals surface area (Å²) in [6.45, 7) is 1.96. The fraction of sp³-hybridized carbons (Fsp3) is 0.643. The van der Waals surface area contributed by atoms with Crippen LogP contribution in [0.15, 0.2) is 18.3 Å². The maximum absolute atomic E-state index is 10.1. The number of nitrogens with zero attached hydrogens (tertiary/aromatic N) is 1. The minimum atomic E-state index is -0.864. The summed E-state index contributed by atoms with van der Waals surface area (Å²) in [5.41, 5.74) is 1.53. The van der Waals surface area contributed by atoms with Gasteiger partial charge in [-0.05, 0) is 50.7 Å². The van der Waals surface area contributed by atoms with Crippen LogP contribution in [-0.4, -0.2) is 27.4 Å². The van der Waals surface area contributed by atoms with E-state index in [9.17, 15) is 10.2 Å². The third kappa shape index (κ3) is 2.85. The smallest absolute Gasteiger partial charge is 0.0877 e. The summed E-state index contributed by atoms with van der Waals surface area (Å²) < 4.78 is 0. The highest BCUT2D eigenvalue weighted by Crippen LogP contribution is 2.36. The van der Waals surface area contributed by atoms with Crippen LogP contribution in [0.25, 0.3) is 0 Å². The van der Waals surface area contributed by atoms with Crippen LogP contribution >= 0.6 is 0 Å². The molecule has 0 bridgehead atoms. The lowest BCUT2D eigenvalue weighted by Gasteiger charge is -2.23. The second-order valence-corrected chi connectivity index (χ2v) is 5.22. The van der Waals surface area contributed by atoms with Crippen molar-refractivity contribution >= 4 is 0 Å². The molecule has 1 aromatic rings. The fourth-order valence-corrected chi connectivity index (χ4v) is 2.75. The number of aryl methyl sites for hydroxylation is 1. The van der Waals surface area contributed by atoms with Crippen molar-refractivity contribution in [3.8, 4) is 0 Å². The van der Waals surface area contributed by atoms with Gasteiger partial charge in [-0.3, -0.25) is 4.98 Å². The molecule has 0 saturated heterocycles. The maximum Gasteiger partial charge on any atom is 0.0877 e. The first kappa shape index (κ1) is 12.5. The van der Waals surface area contributed by atoms with Gasteiger partial charge in [-0.15, -0.1) is 0 Å². The number of aliphatic hydroxyl groups excluding tert-OH is 1. The molecule has 2 N–H and O–H groups in total. The molecule has 1 aromatic heterocycles. The lowest BCUT2D eigenvalue weighted by atomic mass is 9.91. The number of hydrogen-bond donors (Lipinski definition) is 2. The monoisotopic (exact) mass is 235 g/mol. The quantitative estimate of drug-likeness (QED) is 0.772. The molecule has 0 spiro atoms. The zero-order chi connectivity index (χ0) is 12.3. The molecule has 3 heteroatoms. The van der Waals surface area contributed by atoms with E-state index >= 15 is 0 Å². The Kier molecular flexibility index (Phi) is 3.79. The molecule has 1 aliphatic carbocycles. The van der Waals surface area contributed by atoms with Gasteiger partial charge < -0.3 is 10.2 Å². The Morgan fingerprint density at radius 3 is 2.94 bits per heavy atom. The van der Waals surface area contributed by atoms with Crippen LogP contribution in [-0.2, 0) is 0 Å². The van der Waals surface area contributed by atoms with Crippen molar-refractivity contribution in [3.63, 3.8) is 0 Å². The molecule has 0 amide bonds. The zero-order valence-electron chi connectivity index (χ0n) is 10.4. The number of aromatic nitrogens is 1. The summed E-state index contributed by atoms with van der Waals surface area (Å²) in [5, 5.41) is 19.3. The molecule has 0 aliphatic heterocycles. The third-order valence-electron chi connectivity index (χ3n) is 3.88. The Hall–Kier alpha value is -0.930. The van der Waals surface area contributed by atoms with Crippen LogP contribution in [0.1, 0.15) is 49.3 Å². The zero-order valence-corrected chi connectivity index (χ0v) is 10.4. The van der Waals surface area contributed by atoms with Gasteiger partial charge in [0.05, 0.1) is 12.2 Å². The molecular formula is C14H21NO2. The van der Waals surface area contributed by atoms with E-state index in [1.165, 1.54) is 5.56 Å². The van der Waals surface area contributed by atoms with E-state index < -0.39 is 5.60 Å². The number of hydrogen-bond acceptors (Lipinski definition) is 3. The van der Waals surface area contributed by atoms with Crippen molar-refractivity contribution < 1.29 is 10.2 Å². The maximum atomic E-state index is 10.1. The minimum Gasteiger partial charge on any atom is -0.393 e. The Morgan fingerprint density at radius 2 is 2.24 bits per heavy atom. The summed E-state index contributed by atoms with van der Waals surface area (Å²) in [4.78, 5) is 4.47. The molecule has 94 valence electrons. The van der Waals surface area contributed by atoms with E-state index in [0.29, 0.717) is 18.8 Å². The Labute approximate surface area is 103 Å². The normalized spacial score (nSPS) is 29.9. The molecule has 1 aliphatic rings. The van der Waals surface area contributed by atoms with Gasteiger partial charge in [-0.1, -0.05) is 6.07 Å². The number of aliphatic hydroxyl groups is 2. The molecule has 1 fully saturated rings. The van der Waals surface area contributed by atoms with E-state index in [1.54, 1.807) is 0 Å². The summed E-state index contributed by atoms with van der Waals surface area (Å²) in [6, 6.07) is 4.05. The molecule has 2 atom stereocenters. The predicted molar refractivity (Wildman–Crippen MR) is 66.8 cm³/mol. The van der Waals surface area contributed by atoms with E-state index in [2.05, 4.69) is 18.0 Å². The Bertz CT molecular complexity index is 380. The van der Waals surface area contributed by atoms with Gasteiger partial charge >= 0.3 is 0 Å². The van der Waals surface area contributed by atoms with Crippen LogP contribution in [0.4, 0.5) is 0 Å². The van der Waals surface area contributed by atoms with Crippen LogP contribution in [0, 0.1) is 6.92 Å². The predicted octanol–water partition coefficient (Wildman–Crippen LogP) is 2.16. The summed E-state index contributed by atoms with van der Waals surface area (Å²) in [5.74, 6) is 0.428. The minimum absolute atomic E-state index is 0.124. The highest BCUT2D eigenvalue weighted by molar-refractivity contribution is 5.21. The fourth-order valence-electron chi connectivity index (χ4n) is 2.75. The van der Waals surface area contributed by atoms with Crippen molar-refractivity contribution in [2.75, 3.05) is 6.61 Å². The van der Waals surface area contributed by atoms with Gasteiger partial charge in [0.1, 0.15) is 0 Å². The molecule has 1 saturated carbocycles. The van der Waals surface area contributed by atoms with Crippen LogP contribution < -0.4 is 0 Å². The first-order valence-electron chi connectivity index (χ1n) is 6.39. The SMILES string of the molecule is Cc1cccnc1C1CCCC(O)(CO)CC1. The van der Waals surface area contributed by atoms with E-state index in [4.69, 9.17) is 0 Å². The molecule has 3 nitrogen and oxygen atoms in total. The number of rotatable bonds is 2. The van der Waals surface area contributed by atoms with E-state index in [-0.39, 0.29) is 6.61 Å². The van der Waals surface area contributed by atoms with Crippen molar-refractivity contribution in [1.82, 2.24) is 4.98 Å². The average molecular weight is 235 g/mol. The lowest BCUT2D eigenvalue weighted by Crippen LogP contribution is -2.32. The Balaban J connectivity index is 2.12. The first-order chi connectivity index (χ1) is 8.14. The van der Waals surface area contributed by atoms with Crippen molar-refractivity contribution in [1.29, 1.82) is 0 Å². The molecule has 0 radical (unpaired) electrons. The molecule has 17 heavy (non-hydrogen) atoms. The molecule has 0 aromatic carbocycles. The second kappa shape index (κ2) is 5.15. The topological polar surface area (TPSA) is 53.4 Å². The van der Waals surface area contributed by atoms with Crippen LogP contribution in [0.5, 0.6) is 0 Å². The molecular weight excluding hydrogens is 214 g/mol. The molecule has 1 heterocycles. The number of pyridine rings is 1. The highest BCUT2D eigenvalue weighted by atomic mass is 16.3. The van der Waals surface area contributed by atoms with Crippen molar-refractivity contribution in [2.45, 2.75) is 50.5 Å². The molecule has 2 unspecified atom stereocenters. The molecule has 2 rings (SSSR count).